The van der Waals surface area contributed by atoms with Gasteiger partial charge in [0.25, 0.3) is 0 Å². The van der Waals surface area contributed by atoms with Gasteiger partial charge in [-0.2, -0.15) is 0 Å². The van der Waals surface area contributed by atoms with Gasteiger partial charge in [-0.1, -0.05) is 36.4 Å². The molecule has 0 spiro atoms. The average molecular weight is 336 g/mol. The maximum absolute atomic E-state index is 12.7. The van der Waals surface area contributed by atoms with Crippen molar-refractivity contribution in [3.63, 3.8) is 0 Å². The molecule has 128 valence electrons. The van der Waals surface area contributed by atoms with Crippen LogP contribution >= 0.6 is 0 Å². The maximum Gasteiger partial charge on any atom is 0.327 e. The Hall–Kier alpha value is -3.15. The molecular weight excluding hydrogens is 316 g/mol. The van der Waals surface area contributed by atoms with E-state index in [4.69, 9.17) is 4.74 Å². The zero-order valence-corrected chi connectivity index (χ0v) is 13.7. The number of rotatable bonds is 2. The van der Waals surface area contributed by atoms with Gasteiger partial charge in [0.1, 0.15) is 6.61 Å². The Morgan fingerprint density at radius 3 is 2.92 bits per heavy atom. The number of allylic oxidation sites excluding steroid dienone is 2. The highest BCUT2D eigenvalue weighted by Crippen LogP contribution is 2.27. The molecule has 0 bridgehead atoms. The molecule has 6 heteroatoms. The number of amides is 2. The van der Waals surface area contributed by atoms with Crippen molar-refractivity contribution >= 4 is 6.03 Å². The molecule has 0 aromatic heterocycles. The fourth-order valence-electron chi connectivity index (χ4n) is 3.01. The summed E-state index contributed by atoms with van der Waals surface area (Å²) in [6.45, 7) is 1.69. The second-order valence-corrected chi connectivity index (χ2v) is 5.94. The van der Waals surface area contributed by atoms with Crippen LogP contribution in [0.15, 0.2) is 78.1 Å². The van der Waals surface area contributed by atoms with Gasteiger partial charge in [-0.05, 0) is 30.0 Å². The fraction of sp³-hybridized carbons (Fsp3) is 0.211. The average Bonchev–Trinajstić information content (AvgIpc) is 2.68. The third-order valence-electron chi connectivity index (χ3n) is 4.28. The number of benzene rings is 1. The standard InChI is InChI=1S/C19H20N4O2/c24-19(21-15-8-10-20-11-9-15)23-12-13-25-17-7-6-16(22-18(17)23)14-4-2-1-3-5-14/h1-10,16,20,22H,11-13H2,(H,21,24). The number of urea groups is 1. The number of nitrogens with one attached hydrogen (secondary N) is 3. The van der Waals surface area contributed by atoms with Gasteiger partial charge in [0.05, 0.1) is 12.6 Å². The second-order valence-electron chi connectivity index (χ2n) is 5.94. The number of ether oxygens (including phenoxy) is 1. The van der Waals surface area contributed by atoms with Crippen molar-refractivity contribution in [1.82, 2.24) is 20.9 Å². The van der Waals surface area contributed by atoms with Crippen LogP contribution in [-0.4, -0.2) is 30.6 Å². The predicted molar refractivity (Wildman–Crippen MR) is 94.9 cm³/mol. The predicted octanol–water partition coefficient (Wildman–Crippen LogP) is 2.10. The number of carbonyl (C=O) groups excluding carboxylic acids is 1. The zero-order valence-electron chi connectivity index (χ0n) is 13.7. The summed E-state index contributed by atoms with van der Waals surface area (Å²) in [5.74, 6) is 1.40. The first-order chi connectivity index (χ1) is 12.3. The highest BCUT2D eigenvalue weighted by atomic mass is 16.5. The molecule has 3 aliphatic rings. The summed E-state index contributed by atoms with van der Waals surface area (Å²) >= 11 is 0. The van der Waals surface area contributed by atoms with Crippen molar-refractivity contribution in [2.45, 2.75) is 6.04 Å². The molecule has 3 N–H and O–H groups in total. The van der Waals surface area contributed by atoms with Gasteiger partial charge in [-0.25, -0.2) is 4.79 Å². The quantitative estimate of drug-likeness (QED) is 0.774. The third kappa shape index (κ3) is 3.24. The van der Waals surface area contributed by atoms with Crippen LogP contribution < -0.4 is 16.0 Å². The van der Waals surface area contributed by atoms with Crippen molar-refractivity contribution in [2.24, 2.45) is 0 Å². The lowest BCUT2D eigenvalue weighted by atomic mass is 10.0. The monoisotopic (exact) mass is 336 g/mol. The van der Waals surface area contributed by atoms with E-state index >= 15 is 0 Å². The molecule has 1 unspecified atom stereocenters. The fourth-order valence-corrected chi connectivity index (χ4v) is 3.01. The SMILES string of the molecule is O=C(NC1=CCNC=C1)N1CCOC2=C1NC(c1ccccc1)C=C2. The first kappa shape index (κ1) is 15.4. The summed E-state index contributed by atoms with van der Waals surface area (Å²) in [6.07, 6.45) is 9.60. The van der Waals surface area contributed by atoms with Gasteiger partial charge in [0.2, 0.25) is 0 Å². The van der Waals surface area contributed by atoms with Crippen LogP contribution in [0.5, 0.6) is 0 Å². The first-order valence-corrected chi connectivity index (χ1v) is 8.36. The number of hydrogen-bond donors (Lipinski definition) is 3. The maximum atomic E-state index is 12.7. The van der Waals surface area contributed by atoms with E-state index < -0.39 is 0 Å². The summed E-state index contributed by atoms with van der Waals surface area (Å²) in [5, 5.41) is 9.43. The molecule has 6 nitrogen and oxygen atoms in total. The van der Waals surface area contributed by atoms with Gasteiger partial charge < -0.3 is 20.7 Å². The molecule has 0 fully saturated rings. The van der Waals surface area contributed by atoms with Crippen LogP contribution in [0.1, 0.15) is 11.6 Å². The molecule has 0 radical (unpaired) electrons. The van der Waals surface area contributed by atoms with Crippen LogP contribution in [0.2, 0.25) is 0 Å². The van der Waals surface area contributed by atoms with Crippen LogP contribution in [0.25, 0.3) is 0 Å². The molecule has 0 saturated carbocycles. The van der Waals surface area contributed by atoms with E-state index in [-0.39, 0.29) is 12.1 Å². The molecule has 1 atom stereocenters. The van der Waals surface area contributed by atoms with Gasteiger partial charge >= 0.3 is 6.03 Å². The molecular formula is C19H20N4O2. The lowest BCUT2D eigenvalue weighted by molar-refractivity contribution is 0.132. The minimum absolute atomic E-state index is 0.00921. The third-order valence-corrected chi connectivity index (χ3v) is 4.28. The van der Waals surface area contributed by atoms with Crippen molar-refractivity contribution in [3.05, 3.63) is 83.7 Å². The topological polar surface area (TPSA) is 65.6 Å². The number of hydrogen-bond acceptors (Lipinski definition) is 4. The minimum Gasteiger partial charge on any atom is -0.488 e. The normalized spacial score (nSPS) is 21.5. The summed E-state index contributed by atoms with van der Waals surface area (Å²) in [5.41, 5.74) is 1.93. The Balaban J connectivity index is 1.53. The smallest absolute Gasteiger partial charge is 0.327 e. The van der Waals surface area contributed by atoms with E-state index in [0.717, 1.165) is 11.3 Å². The Kier molecular flexibility index (Phi) is 4.16. The van der Waals surface area contributed by atoms with Crippen molar-refractivity contribution in [3.8, 4) is 0 Å². The van der Waals surface area contributed by atoms with Crippen LogP contribution in [0, 0.1) is 0 Å². The van der Waals surface area contributed by atoms with Gasteiger partial charge in [0.15, 0.2) is 11.6 Å². The Labute approximate surface area is 146 Å². The van der Waals surface area contributed by atoms with E-state index in [1.807, 2.05) is 48.7 Å². The summed E-state index contributed by atoms with van der Waals surface area (Å²) < 4.78 is 5.71. The van der Waals surface area contributed by atoms with E-state index in [1.54, 1.807) is 4.90 Å². The summed E-state index contributed by atoms with van der Waals surface area (Å²) in [4.78, 5) is 14.4. The van der Waals surface area contributed by atoms with E-state index in [0.29, 0.717) is 31.3 Å². The largest absolute Gasteiger partial charge is 0.488 e. The van der Waals surface area contributed by atoms with Crippen LogP contribution in [-0.2, 0) is 4.74 Å². The molecule has 1 aromatic carbocycles. The molecule has 4 rings (SSSR count). The molecule has 0 aliphatic carbocycles. The van der Waals surface area contributed by atoms with Crippen molar-refractivity contribution in [2.75, 3.05) is 19.7 Å². The number of nitrogens with zero attached hydrogens (tertiary/aromatic N) is 1. The lowest BCUT2D eigenvalue weighted by Gasteiger charge is -2.36. The number of carbonyl (C=O) groups is 1. The molecule has 1 aromatic rings. The van der Waals surface area contributed by atoms with Gasteiger partial charge in [-0.3, -0.25) is 4.90 Å². The van der Waals surface area contributed by atoms with Crippen molar-refractivity contribution in [1.29, 1.82) is 0 Å². The van der Waals surface area contributed by atoms with Gasteiger partial charge in [0, 0.05) is 12.2 Å². The van der Waals surface area contributed by atoms with Gasteiger partial charge in [-0.15, -0.1) is 0 Å². The zero-order chi connectivity index (χ0) is 17.1. The lowest BCUT2D eigenvalue weighted by Crippen LogP contribution is -2.48. The molecule has 3 heterocycles. The van der Waals surface area contributed by atoms with Crippen LogP contribution in [0.3, 0.4) is 0 Å². The number of dihydropyridines is 2. The van der Waals surface area contributed by atoms with Crippen LogP contribution in [0.4, 0.5) is 4.79 Å². The highest BCUT2D eigenvalue weighted by molar-refractivity contribution is 5.79. The second kappa shape index (κ2) is 6.76. The van der Waals surface area contributed by atoms with E-state index in [9.17, 15) is 4.79 Å². The minimum atomic E-state index is -0.164. The first-order valence-electron chi connectivity index (χ1n) is 8.36. The molecule has 25 heavy (non-hydrogen) atoms. The Morgan fingerprint density at radius 1 is 1.24 bits per heavy atom. The highest BCUT2D eigenvalue weighted by Gasteiger charge is 2.30. The molecule has 0 saturated heterocycles. The summed E-state index contributed by atoms with van der Waals surface area (Å²) in [7, 11) is 0. The molecule has 2 amide bonds. The summed E-state index contributed by atoms with van der Waals surface area (Å²) in [6, 6.07) is 9.97. The molecule has 3 aliphatic heterocycles. The Morgan fingerprint density at radius 2 is 2.12 bits per heavy atom. The van der Waals surface area contributed by atoms with E-state index in [1.165, 1.54) is 0 Å². The Bertz CT molecular complexity index is 780. The van der Waals surface area contributed by atoms with Crippen molar-refractivity contribution < 1.29 is 9.53 Å². The van der Waals surface area contributed by atoms with E-state index in [2.05, 4.69) is 28.1 Å².